The van der Waals surface area contributed by atoms with Crippen LogP contribution in [0.2, 0.25) is 0 Å². The van der Waals surface area contributed by atoms with Gasteiger partial charge in [0.1, 0.15) is 0 Å². The van der Waals surface area contributed by atoms with Crippen molar-refractivity contribution in [3.05, 3.63) is 0 Å². The van der Waals surface area contributed by atoms with Crippen LogP contribution in [-0.2, 0) is 0 Å². The average molecular weight is 212 g/mol. The molecule has 1 N–H and O–H groups in total. The fourth-order valence-electron chi connectivity index (χ4n) is 2.29. The van der Waals surface area contributed by atoms with Gasteiger partial charge in [-0.25, -0.2) is 0 Å². The predicted molar refractivity (Wildman–Crippen MR) is 67.2 cm³/mol. The van der Waals surface area contributed by atoms with Crippen molar-refractivity contribution in [1.82, 2.24) is 10.2 Å². The first kappa shape index (κ1) is 13.0. The first-order valence-electron chi connectivity index (χ1n) is 6.67. The second kappa shape index (κ2) is 7.24. The molecule has 0 saturated carbocycles. The Labute approximate surface area is 95.4 Å². The standard InChI is InChI=1S/C13H28N2/c1-4-5-6-7-14-8-9-15-10-12(2)13(3)11-15/h12-14H,4-11H2,1-3H3. The van der Waals surface area contributed by atoms with Crippen molar-refractivity contribution in [2.45, 2.75) is 40.0 Å². The Morgan fingerprint density at radius 3 is 2.33 bits per heavy atom. The van der Waals surface area contributed by atoms with Crippen LogP contribution in [0, 0.1) is 11.8 Å². The van der Waals surface area contributed by atoms with E-state index >= 15 is 0 Å². The van der Waals surface area contributed by atoms with Gasteiger partial charge in [0, 0.05) is 26.2 Å². The van der Waals surface area contributed by atoms with E-state index in [1.54, 1.807) is 0 Å². The third kappa shape index (κ3) is 4.98. The van der Waals surface area contributed by atoms with Crippen molar-refractivity contribution in [1.29, 1.82) is 0 Å². The largest absolute Gasteiger partial charge is 0.315 e. The van der Waals surface area contributed by atoms with Gasteiger partial charge in [0.05, 0.1) is 0 Å². The first-order chi connectivity index (χ1) is 7.24. The number of nitrogens with one attached hydrogen (secondary N) is 1. The van der Waals surface area contributed by atoms with Crippen LogP contribution in [-0.4, -0.2) is 37.6 Å². The lowest BCUT2D eigenvalue weighted by molar-refractivity contribution is 0.321. The van der Waals surface area contributed by atoms with Crippen LogP contribution in [0.15, 0.2) is 0 Å². The van der Waals surface area contributed by atoms with Crippen LogP contribution in [0.1, 0.15) is 40.0 Å². The molecule has 2 heteroatoms. The maximum absolute atomic E-state index is 3.54. The number of hydrogen-bond donors (Lipinski definition) is 1. The quantitative estimate of drug-likeness (QED) is 0.652. The summed E-state index contributed by atoms with van der Waals surface area (Å²) >= 11 is 0. The van der Waals surface area contributed by atoms with Crippen LogP contribution in [0.3, 0.4) is 0 Å². The molecule has 2 nitrogen and oxygen atoms in total. The highest BCUT2D eigenvalue weighted by atomic mass is 15.2. The lowest BCUT2D eigenvalue weighted by Crippen LogP contribution is -2.31. The Morgan fingerprint density at radius 2 is 1.73 bits per heavy atom. The fraction of sp³-hybridized carbons (Fsp3) is 1.00. The van der Waals surface area contributed by atoms with E-state index in [9.17, 15) is 0 Å². The van der Waals surface area contributed by atoms with Gasteiger partial charge in [0.2, 0.25) is 0 Å². The molecule has 0 aliphatic carbocycles. The van der Waals surface area contributed by atoms with Gasteiger partial charge in [0.15, 0.2) is 0 Å². The van der Waals surface area contributed by atoms with Crippen molar-refractivity contribution < 1.29 is 0 Å². The van der Waals surface area contributed by atoms with Crippen LogP contribution < -0.4 is 5.32 Å². The Hall–Kier alpha value is -0.0800. The third-order valence-corrected chi connectivity index (χ3v) is 3.63. The predicted octanol–water partition coefficient (Wildman–Crippen LogP) is 2.35. The molecule has 1 rings (SSSR count). The van der Waals surface area contributed by atoms with Gasteiger partial charge < -0.3 is 10.2 Å². The van der Waals surface area contributed by atoms with E-state index < -0.39 is 0 Å². The smallest absolute Gasteiger partial charge is 0.0107 e. The van der Waals surface area contributed by atoms with Gasteiger partial charge in [-0.1, -0.05) is 33.6 Å². The van der Waals surface area contributed by atoms with Gasteiger partial charge in [-0.05, 0) is 24.8 Å². The number of likely N-dealkylation sites (tertiary alicyclic amines) is 1. The number of nitrogens with zero attached hydrogens (tertiary/aromatic N) is 1. The first-order valence-corrected chi connectivity index (χ1v) is 6.67. The minimum absolute atomic E-state index is 0.894. The molecule has 1 fully saturated rings. The van der Waals surface area contributed by atoms with E-state index in [1.807, 2.05) is 0 Å². The van der Waals surface area contributed by atoms with Crippen molar-refractivity contribution in [2.24, 2.45) is 11.8 Å². The minimum atomic E-state index is 0.894. The molecule has 2 unspecified atom stereocenters. The summed E-state index contributed by atoms with van der Waals surface area (Å²) in [5, 5.41) is 3.54. The lowest BCUT2D eigenvalue weighted by atomic mass is 10.0. The normalized spacial score (nSPS) is 27.4. The molecule has 15 heavy (non-hydrogen) atoms. The monoisotopic (exact) mass is 212 g/mol. The number of hydrogen-bond acceptors (Lipinski definition) is 2. The Morgan fingerprint density at radius 1 is 1.07 bits per heavy atom. The highest BCUT2D eigenvalue weighted by molar-refractivity contribution is 4.78. The summed E-state index contributed by atoms with van der Waals surface area (Å²) in [5.41, 5.74) is 0. The molecule has 1 aliphatic rings. The van der Waals surface area contributed by atoms with Gasteiger partial charge in [-0.3, -0.25) is 0 Å². The van der Waals surface area contributed by atoms with Gasteiger partial charge in [-0.15, -0.1) is 0 Å². The minimum Gasteiger partial charge on any atom is -0.315 e. The molecule has 0 radical (unpaired) electrons. The molecular weight excluding hydrogens is 184 g/mol. The van der Waals surface area contributed by atoms with E-state index in [0.717, 1.165) is 11.8 Å². The molecule has 0 spiro atoms. The zero-order valence-electron chi connectivity index (χ0n) is 10.8. The number of rotatable bonds is 7. The molecule has 0 amide bonds. The van der Waals surface area contributed by atoms with E-state index in [1.165, 1.54) is 52.0 Å². The summed E-state index contributed by atoms with van der Waals surface area (Å²) in [7, 11) is 0. The van der Waals surface area contributed by atoms with Crippen molar-refractivity contribution in [3.63, 3.8) is 0 Å². The highest BCUT2D eigenvalue weighted by Gasteiger charge is 2.24. The molecule has 1 aliphatic heterocycles. The molecule has 0 aromatic carbocycles. The molecule has 2 atom stereocenters. The summed E-state index contributed by atoms with van der Waals surface area (Å²) in [5.74, 6) is 1.79. The molecule has 0 bridgehead atoms. The van der Waals surface area contributed by atoms with E-state index in [2.05, 4.69) is 31.0 Å². The van der Waals surface area contributed by atoms with Crippen molar-refractivity contribution in [3.8, 4) is 0 Å². The second-order valence-corrected chi connectivity index (χ2v) is 5.17. The third-order valence-electron chi connectivity index (χ3n) is 3.63. The highest BCUT2D eigenvalue weighted by Crippen LogP contribution is 2.21. The van der Waals surface area contributed by atoms with Crippen LogP contribution >= 0.6 is 0 Å². The zero-order valence-corrected chi connectivity index (χ0v) is 10.8. The molecule has 90 valence electrons. The maximum Gasteiger partial charge on any atom is 0.0107 e. The fourth-order valence-corrected chi connectivity index (χ4v) is 2.29. The molecule has 1 heterocycles. The SMILES string of the molecule is CCCCCNCCN1CC(C)C(C)C1. The summed E-state index contributed by atoms with van der Waals surface area (Å²) in [6, 6.07) is 0. The number of unbranched alkanes of at least 4 members (excludes halogenated alkanes) is 2. The van der Waals surface area contributed by atoms with Gasteiger partial charge in [-0.2, -0.15) is 0 Å². The summed E-state index contributed by atoms with van der Waals surface area (Å²) in [6.45, 7) is 13.2. The topological polar surface area (TPSA) is 15.3 Å². The van der Waals surface area contributed by atoms with Crippen molar-refractivity contribution >= 4 is 0 Å². The molecule has 1 saturated heterocycles. The maximum atomic E-state index is 3.54. The van der Waals surface area contributed by atoms with Crippen molar-refractivity contribution in [2.75, 3.05) is 32.7 Å². The summed E-state index contributed by atoms with van der Waals surface area (Å²) in [4.78, 5) is 2.60. The lowest BCUT2D eigenvalue weighted by Gasteiger charge is -2.15. The Kier molecular flexibility index (Phi) is 6.26. The average Bonchev–Trinajstić information content (AvgIpc) is 2.52. The molecule has 0 aromatic heterocycles. The van der Waals surface area contributed by atoms with E-state index in [-0.39, 0.29) is 0 Å². The zero-order chi connectivity index (χ0) is 11.1. The van der Waals surface area contributed by atoms with E-state index in [4.69, 9.17) is 0 Å². The van der Waals surface area contributed by atoms with Gasteiger partial charge >= 0.3 is 0 Å². The Bertz CT molecular complexity index is 149. The Balaban J connectivity index is 1.92. The van der Waals surface area contributed by atoms with Crippen LogP contribution in [0.4, 0.5) is 0 Å². The summed E-state index contributed by atoms with van der Waals surface area (Å²) < 4.78 is 0. The second-order valence-electron chi connectivity index (χ2n) is 5.17. The molecule has 0 aromatic rings. The van der Waals surface area contributed by atoms with Gasteiger partial charge in [0.25, 0.3) is 0 Å². The van der Waals surface area contributed by atoms with Crippen LogP contribution in [0.25, 0.3) is 0 Å². The molecular formula is C13H28N2. The van der Waals surface area contributed by atoms with Crippen LogP contribution in [0.5, 0.6) is 0 Å². The van der Waals surface area contributed by atoms with E-state index in [0.29, 0.717) is 0 Å². The summed E-state index contributed by atoms with van der Waals surface area (Å²) in [6.07, 6.45) is 4.02.